The number of esters is 1. The van der Waals surface area contributed by atoms with Crippen LogP contribution in [0, 0.1) is 24.6 Å². The van der Waals surface area contributed by atoms with Crippen LogP contribution in [0.2, 0.25) is 0 Å². The average Bonchev–Trinajstić information content (AvgIpc) is 2.69. The lowest BCUT2D eigenvalue weighted by Gasteiger charge is -2.15. The zero-order chi connectivity index (χ0) is 22.6. The third kappa shape index (κ3) is 5.45. The molecule has 0 bridgehead atoms. The number of hydrogen-bond acceptors (Lipinski definition) is 5. The molecule has 0 aliphatic rings. The third-order valence-electron chi connectivity index (χ3n) is 4.04. The van der Waals surface area contributed by atoms with Crippen molar-refractivity contribution in [3.05, 3.63) is 57.8 Å². The number of hydrogen-bond donors (Lipinski definition) is 0. The fourth-order valence-electron chi connectivity index (χ4n) is 2.20. The van der Waals surface area contributed by atoms with E-state index in [0.717, 1.165) is 11.8 Å². The predicted molar refractivity (Wildman–Crippen MR) is 108 cm³/mol. The predicted octanol–water partition coefficient (Wildman–Crippen LogP) is 1.91. The second kappa shape index (κ2) is 9.86. The largest absolute Gasteiger partial charge is 0.587 e. The van der Waals surface area contributed by atoms with Crippen LogP contribution in [-0.2, 0) is 32.4 Å². The zero-order valence-electron chi connectivity index (χ0n) is 17.4. The molecule has 1 atom stereocenters. The van der Waals surface area contributed by atoms with E-state index in [-0.39, 0.29) is 4.90 Å². The molecule has 0 spiro atoms. The van der Waals surface area contributed by atoms with E-state index < -0.39 is 58.8 Å². The number of nitrogens with zero attached hydrogens (tertiary/aromatic N) is 3. The average molecular weight is 437 g/mol. The lowest BCUT2D eigenvalue weighted by Crippen LogP contribution is -2.45. The van der Waals surface area contributed by atoms with E-state index in [2.05, 4.69) is 4.99 Å². The highest BCUT2D eigenvalue weighted by atomic mass is 32.2. The van der Waals surface area contributed by atoms with Crippen molar-refractivity contribution in [2.75, 3.05) is 0 Å². The number of rotatable bonds is 6. The third-order valence-corrected chi connectivity index (χ3v) is 5.33. The van der Waals surface area contributed by atoms with E-state index in [1.54, 1.807) is 52.0 Å². The van der Waals surface area contributed by atoms with Crippen LogP contribution in [0.3, 0.4) is 0 Å². The molecule has 0 saturated heterocycles. The summed E-state index contributed by atoms with van der Waals surface area (Å²) >= 11 is -2.06. The van der Waals surface area contributed by atoms with Crippen LogP contribution in [0.1, 0.15) is 33.3 Å². The van der Waals surface area contributed by atoms with Gasteiger partial charge in [0.1, 0.15) is 17.6 Å². The summed E-state index contributed by atoms with van der Waals surface area (Å²) in [5, 5.41) is 0. The van der Waals surface area contributed by atoms with Crippen molar-refractivity contribution in [3.63, 3.8) is 0 Å². The van der Waals surface area contributed by atoms with Crippen LogP contribution in [0.25, 0.3) is 0 Å². The Bertz CT molecular complexity index is 1060. The fraction of sp³-hybridized carbons (Fsp3) is 0.400. The van der Waals surface area contributed by atoms with Crippen molar-refractivity contribution in [3.8, 4) is 0 Å². The van der Waals surface area contributed by atoms with Crippen LogP contribution in [0.15, 0.2) is 45.1 Å². The Hall–Kier alpha value is -2.72. The summed E-state index contributed by atoms with van der Waals surface area (Å²) in [5.41, 5.74) is -0.610. The molecule has 1 unspecified atom stereocenters. The van der Waals surface area contributed by atoms with Gasteiger partial charge in [0.2, 0.25) is 5.91 Å². The molecule has 162 valence electrons. The summed E-state index contributed by atoms with van der Waals surface area (Å²) in [4.78, 5) is 40.8. The smallest absolute Gasteiger partial charge is 0.374 e. The quantitative estimate of drug-likeness (QED) is 0.507. The summed E-state index contributed by atoms with van der Waals surface area (Å²) in [6.07, 6.45) is 0.728. The van der Waals surface area contributed by atoms with Gasteiger partial charge >= 0.3 is 11.7 Å². The number of carbonyl (C=O) groups is 2. The van der Waals surface area contributed by atoms with Gasteiger partial charge in [-0.05, 0) is 19.1 Å². The van der Waals surface area contributed by atoms with Gasteiger partial charge in [-0.1, -0.05) is 45.4 Å². The molecule has 2 rings (SSSR count). The van der Waals surface area contributed by atoms with E-state index in [0.29, 0.717) is 8.54 Å². The molecule has 2 aromatic rings. The number of carbonyl (C=O) groups excluding carboxylic acids is 2. The molecule has 1 aromatic carbocycles. The minimum atomic E-state index is -2.06. The van der Waals surface area contributed by atoms with Crippen molar-refractivity contribution in [2.24, 2.45) is 16.8 Å². The molecule has 0 N–H and O–H groups in total. The first kappa shape index (κ1) is 23.6. The molecule has 0 saturated carbocycles. The van der Waals surface area contributed by atoms with Gasteiger partial charge in [-0.2, -0.15) is 4.99 Å². The highest BCUT2D eigenvalue weighted by Gasteiger charge is 2.22. The van der Waals surface area contributed by atoms with Gasteiger partial charge in [-0.25, -0.2) is 13.8 Å². The molecule has 0 fully saturated rings. The summed E-state index contributed by atoms with van der Waals surface area (Å²) in [7, 11) is 0. The van der Waals surface area contributed by atoms with Crippen molar-refractivity contribution in [1.82, 2.24) is 8.54 Å². The maximum Gasteiger partial charge on any atom is 0.374 e. The normalized spacial score (nSPS) is 13.0. The maximum atomic E-state index is 14.8. The Morgan fingerprint density at radius 1 is 1.17 bits per heavy atom. The number of amides is 1. The van der Waals surface area contributed by atoms with Crippen LogP contribution >= 0.6 is 0 Å². The highest BCUT2D eigenvalue weighted by Crippen LogP contribution is 2.13. The van der Waals surface area contributed by atoms with E-state index >= 15 is 0 Å². The first-order valence-corrected chi connectivity index (χ1v) is 10.4. The lowest BCUT2D eigenvalue weighted by atomic mass is 10.2. The van der Waals surface area contributed by atoms with Gasteiger partial charge in [0.15, 0.2) is 22.9 Å². The SMILES string of the molecule is Cc1ccc([S+]([O-])n2cc(F)/c(=N/C(=O)C(C)C)n(COC(=O)C(C)C)c2=O)cc1. The molecule has 8 nitrogen and oxygen atoms in total. The maximum absolute atomic E-state index is 14.8. The molecule has 0 radical (unpaired) electrons. The van der Waals surface area contributed by atoms with Crippen LogP contribution in [0.5, 0.6) is 0 Å². The summed E-state index contributed by atoms with van der Waals surface area (Å²) in [5.74, 6) is -3.36. The molecular weight excluding hydrogens is 413 g/mol. The van der Waals surface area contributed by atoms with Gasteiger partial charge < -0.3 is 9.29 Å². The number of aryl methyl sites for hydroxylation is 1. The van der Waals surface area contributed by atoms with Crippen molar-refractivity contribution < 1.29 is 23.3 Å². The van der Waals surface area contributed by atoms with E-state index in [4.69, 9.17) is 4.74 Å². The summed E-state index contributed by atoms with van der Waals surface area (Å²) in [6, 6.07) is 6.52. The number of aromatic nitrogens is 2. The molecule has 0 aliphatic heterocycles. The topological polar surface area (TPSA) is 106 Å². The van der Waals surface area contributed by atoms with Gasteiger partial charge in [0, 0.05) is 5.92 Å². The fourth-order valence-corrected chi connectivity index (χ4v) is 3.22. The lowest BCUT2D eigenvalue weighted by molar-refractivity contribution is -0.151. The Morgan fingerprint density at radius 3 is 2.30 bits per heavy atom. The number of benzene rings is 1. The van der Waals surface area contributed by atoms with Gasteiger partial charge in [0.25, 0.3) is 0 Å². The zero-order valence-corrected chi connectivity index (χ0v) is 18.2. The van der Waals surface area contributed by atoms with Crippen LogP contribution < -0.4 is 11.2 Å². The Balaban J connectivity index is 2.64. The van der Waals surface area contributed by atoms with Crippen LogP contribution in [0.4, 0.5) is 4.39 Å². The van der Waals surface area contributed by atoms with Gasteiger partial charge in [-0.3, -0.25) is 9.59 Å². The van der Waals surface area contributed by atoms with Crippen molar-refractivity contribution in [1.29, 1.82) is 0 Å². The Morgan fingerprint density at radius 2 is 1.77 bits per heavy atom. The number of halogens is 1. The second-order valence-corrected chi connectivity index (χ2v) is 8.61. The molecule has 10 heteroatoms. The van der Waals surface area contributed by atoms with E-state index in [1.165, 1.54) is 0 Å². The minimum Gasteiger partial charge on any atom is -0.587 e. The summed E-state index contributed by atoms with van der Waals surface area (Å²) < 4.78 is 34.1. The minimum absolute atomic E-state index is 0.274. The van der Waals surface area contributed by atoms with E-state index in [1.807, 2.05) is 6.92 Å². The Labute approximate surface area is 176 Å². The monoisotopic (exact) mass is 437 g/mol. The van der Waals surface area contributed by atoms with E-state index in [9.17, 15) is 23.3 Å². The van der Waals surface area contributed by atoms with Gasteiger partial charge in [0.05, 0.1) is 5.92 Å². The summed E-state index contributed by atoms with van der Waals surface area (Å²) in [6.45, 7) is 7.50. The van der Waals surface area contributed by atoms with Crippen molar-refractivity contribution in [2.45, 2.75) is 46.2 Å². The second-order valence-electron chi connectivity index (χ2n) is 7.25. The molecule has 0 aliphatic carbocycles. The first-order chi connectivity index (χ1) is 14.0. The molecular formula is C20H24FN3O5S. The molecule has 1 amide bonds. The molecule has 30 heavy (non-hydrogen) atoms. The highest BCUT2D eigenvalue weighted by molar-refractivity contribution is 7.89. The Kier molecular flexibility index (Phi) is 7.74. The standard InChI is InChI=1S/C20H24FN3O5S/c1-12(2)18(25)22-17-16(21)10-24(30(28)15-8-6-14(5)7-9-15)20(27)23(17)11-29-19(26)13(3)4/h6-10,12-13H,11H2,1-5H3/b22-17-. The molecule has 1 heterocycles. The first-order valence-electron chi connectivity index (χ1n) is 9.29. The van der Waals surface area contributed by atoms with Gasteiger partial charge in [-0.15, -0.1) is 3.97 Å². The van der Waals surface area contributed by atoms with Crippen molar-refractivity contribution >= 4 is 23.2 Å². The number of ether oxygens (including phenoxy) is 1. The van der Waals surface area contributed by atoms with Crippen LogP contribution in [-0.4, -0.2) is 25.0 Å². The molecule has 1 aromatic heterocycles.